The topological polar surface area (TPSA) is 57.6 Å². The Bertz CT molecular complexity index is 964. The summed E-state index contributed by atoms with van der Waals surface area (Å²) >= 11 is 5.59. The fourth-order valence-corrected chi connectivity index (χ4v) is 2.61. The summed E-state index contributed by atoms with van der Waals surface area (Å²) in [6.07, 6.45) is -3.28. The first-order valence-corrected chi connectivity index (χ1v) is 7.47. The van der Waals surface area contributed by atoms with Crippen LogP contribution in [-0.4, -0.2) is 23.4 Å². The number of aromatic hydroxyl groups is 1. The molecule has 0 radical (unpaired) electrons. The van der Waals surface area contributed by atoms with Gasteiger partial charge < -0.3 is 14.8 Å². The Balaban J connectivity index is 2.03. The Morgan fingerprint density at radius 1 is 1.20 bits per heavy atom. The Labute approximate surface area is 145 Å². The number of alkyl halides is 3. The Kier molecular flexibility index (Phi) is 4.34. The van der Waals surface area contributed by atoms with E-state index in [-0.39, 0.29) is 11.6 Å². The van der Waals surface area contributed by atoms with E-state index >= 15 is 0 Å². The summed E-state index contributed by atoms with van der Waals surface area (Å²) in [6, 6.07) is 8.47. The maximum absolute atomic E-state index is 12.9. The summed E-state index contributed by atoms with van der Waals surface area (Å²) < 4.78 is 43.8. The van der Waals surface area contributed by atoms with Gasteiger partial charge in [-0.2, -0.15) is 13.2 Å². The molecular formula is C17H12ClF3N2O2. The van der Waals surface area contributed by atoms with E-state index in [4.69, 9.17) is 16.3 Å². The number of fused-ring (bicyclic) bond motifs is 1. The lowest BCUT2D eigenvalue weighted by Crippen LogP contribution is -2.05. The molecule has 0 aliphatic heterocycles. The van der Waals surface area contributed by atoms with Crippen LogP contribution in [0.3, 0.4) is 0 Å². The zero-order valence-corrected chi connectivity index (χ0v) is 13.6. The third-order valence-electron chi connectivity index (χ3n) is 3.62. The van der Waals surface area contributed by atoms with E-state index in [0.29, 0.717) is 22.2 Å². The predicted octanol–water partition coefficient (Wildman–Crippen LogP) is 5.30. The van der Waals surface area contributed by atoms with Crippen LogP contribution >= 0.6 is 11.6 Å². The van der Waals surface area contributed by atoms with Crippen LogP contribution in [0.4, 0.5) is 18.9 Å². The quantitative estimate of drug-likeness (QED) is 0.616. The van der Waals surface area contributed by atoms with Crippen molar-refractivity contribution >= 4 is 34.4 Å². The van der Waals surface area contributed by atoms with E-state index in [2.05, 4.69) is 9.98 Å². The molecule has 2 aromatic carbocycles. The fraction of sp³-hybridized carbons (Fsp3) is 0.118. The van der Waals surface area contributed by atoms with E-state index in [0.717, 1.165) is 12.1 Å². The predicted molar refractivity (Wildman–Crippen MR) is 90.2 cm³/mol. The van der Waals surface area contributed by atoms with Crippen molar-refractivity contribution in [3.8, 4) is 11.6 Å². The van der Waals surface area contributed by atoms with Gasteiger partial charge in [0.25, 0.3) is 0 Å². The molecule has 0 bridgehead atoms. The van der Waals surface area contributed by atoms with Crippen LogP contribution in [0.1, 0.15) is 11.1 Å². The molecule has 130 valence electrons. The number of aromatic nitrogens is 1. The minimum atomic E-state index is -4.57. The SMILES string of the molecule is COc1ccc2[nH]c(O)c(C=Nc3ccc(Cl)c(C(F)(F)F)c3)c2c1. The van der Waals surface area contributed by atoms with Crippen LogP contribution in [0, 0.1) is 0 Å². The molecule has 0 saturated carbocycles. The summed E-state index contributed by atoms with van der Waals surface area (Å²) in [4.78, 5) is 6.79. The van der Waals surface area contributed by atoms with Gasteiger partial charge >= 0.3 is 6.18 Å². The average Bonchev–Trinajstić information content (AvgIpc) is 2.87. The molecule has 2 N–H and O–H groups in total. The number of H-pyrrole nitrogens is 1. The zero-order chi connectivity index (χ0) is 18.2. The van der Waals surface area contributed by atoms with Crippen LogP contribution in [0.2, 0.25) is 5.02 Å². The number of hydrogen-bond acceptors (Lipinski definition) is 3. The molecule has 0 saturated heterocycles. The first kappa shape index (κ1) is 17.2. The van der Waals surface area contributed by atoms with Gasteiger partial charge in [0.15, 0.2) is 5.88 Å². The molecular weight excluding hydrogens is 357 g/mol. The second-order valence-electron chi connectivity index (χ2n) is 5.22. The smallest absolute Gasteiger partial charge is 0.417 e. The number of halogens is 4. The maximum atomic E-state index is 12.9. The molecule has 0 unspecified atom stereocenters. The minimum Gasteiger partial charge on any atom is -0.497 e. The Morgan fingerprint density at radius 3 is 2.64 bits per heavy atom. The van der Waals surface area contributed by atoms with E-state index in [1.807, 2.05) is 0 Å². The Hall–Kier alpha value is -2.67. The second-order valence-corrected chi connectivity index (χ2v) is 5.63. The second kappa shape index (κ2) is 6.33. The first-order chi connectivity index (χ1) is 11.8. The highest BCUT2D eigenvalue weighted by molar-refractivity contribution is 6.31. The number of nitrogens with zero attached hydrogens (tertiary/aromatic N) is 1. The number of aromatic amines is 1. The highest BCUT2D eigenvalue weighted by atomic mass is 35.5. The maximum Gasteiger partial charge on any atom is 0.417 e. The Morgan fingerprint density at radius 2 is 1.96 bits per heavy atom. The lowest BCUT2D eigenvalue weighted by atomic mass is 10.1. The van der Waals surface area contributed by atoms with Gasteiger partial charge in [0.1, 0.15) is 5.75 Å². The van der Waals surface area contributed by atoms with Crippen molar-refractivity contribution in [2.75, 3.05) is 7.11 Å². The van der Waals surface area contributed by atoms with E-state index in [1.54, 1.807) is 18.2 Å². The first-order valence-electron chi connectivity index (χ1n) is 7.09. The van der Waals surface area contributed by atoms with Crippen LogP contribution in [0.15, 0.2) is 41.4 Å². The number of nitrogens with one attached hydrogen (secondary N) is 1. The van der Waals surface area contributed by atoms with Gasteiger partial charge in [-0.3, -0.25) is 4.99 Å². The molecule has 4 nitrogen and oxygen atoms in total. The zero-order valence-electron chi connectivity index (χ0n) is 12.9. The van der Waals surface area contributed by atoms with E-state index < -0.39 is 16.8 Å². The minimum absolute atomic E-state index is 0.0633. The molecule has 0 fully saturated rings. The summed E-state index contributed by atoms with van der Waals surface area (Å²) in [5.41, 5.74) is 0.0891. The van der Waals surface area contributed by atoms with Gasteiger partial charge in [-0.25, -0.2) is 0 Å². The molecule has 25 heavy (non-hydrogen) atoms. The molecule has 0 amide bonds. The fourth-order valence-electron chi connectivity index (χ4n) is 2.39. The molecule has 0 atom stereocenters. The largest absolute Gasteiger partial charge is 0.497 e. The number of rotatable bonds is 3. The van der Waals surface area contributed by atoms with Crippen molar-refractivity contribution < 1.29 is 23.0 Å². The van der Waals surface area contributed by atoms with Crippen LogP contribution in [0.5, 0.6) is 11.6 Å². The van der Waals surface area contributed by atoms with Crippen molar-refractivity contribution in [3.63, 3.8) is 0 Å². The van der Waals surface area contributed by atoms with Crippen molar-refractivity contribution in [3.05, 3.63) is 52.5 Å². The standard InChI is InChI=1S/C17H12ClF3N2O2/c1-25-10-3-5-15-11(7-10)12(16(24)23-15)8-22-9-2-4-14(18)13(6-9)17(19,20)21/h2-8,23-24H,1H3. The monoisotopic (exact) mass is 368 g/mol. The lowest BCUT2D eigenvalue weighted by Gasteiger charge is -2.09. The molecule has 0 aliphatic rings. The number of aliphatic imine (C=N–C) groups is 1. The molecule has 0 spiro atoms. The van der Waals surface area contributed by atoms with Crippen LogP contribution in [0.25, 0.3) is 10.9 Å². The van der Waals surface area contributed by atoms with E-state index in [1.165, 1.54) is 19.4 Å². The molecule has 3 aromatic rings. The summed E-state index contributed by atoms with van der Waals surface area (Å²) in [6.45, 7) is 0. The van der Waals surface area contributed by atoms with Gasteiger partial charge in [-0.15, -0.1) is 0 Å². The van der Waals surface area contributed by atoms with E-state index in [9.17, 15) is 18.3 Å². The van der Waals surface area contributed by atoms with Gasteiger partial charge in [0.2, 0.25) is 0 Å². The third-order valence-corrected chi connectivity index (χ3v) is 3.95. The molecule has 8 heteroatoms. The van der Waals surface area contributed by atoms with Crippen LogP contribution < -0.4 is 4.74 Å². The lowest BCUT2D eigenvalue weighted by molar-refractivity contribution is -0.137. The molecule has 0 aliphatic carbocycles. The normalized spacial score (nSPS) is 12.2. The molecule has 1 heterocycles. The number of ether oxygens (including phenoxy) is 1. The number of hydrogen-bond donors (Lipinski definition) is 2. The molecule has 3 rings (SSSR count). The highest BCUT2D eigenvalue weighted by Crippen LogP contribution is 2.37. The van der Waals surface area contributed by atoms with Crippen LogP contribution in [-0.2, 0) is 6.18 Å². The van der Waals surface area contributed by atoms with Crippen molar-refractivity contribution in [1.82, 2.24) is 4.98 Å². The molecule has 1 aromatic heterocycles. The van der Waals surface area contributed by atoms with Gasteiger partial charge in [-0.1, -0.05) is 11.6 Å². The highest BCUT2D eigenvalue weighted by Gasteiger charge is 2.33. The average molecular weight is 369 g/mol. The van der Waals surface area contributed by atoms with Crippen molar-refractivity contribution in [2.24, 2.45) is 4.99 Å². The summed E-state index contributed by atoms with van der Waals surface area (Å²) in [7, 11) is 1.51. The van der Waals surface area contributed by atoms with Gasteiger partial charge in [-0.05, 0) is 36.4 Å². The number of benzene rings is 2. The summed E-state index contributed by atoms with van der Waals surface area (Å²) in [5, 5.41) is 10.2. The van der Waals surface area contributed by atoms with Crippen molar-refractivity contribution in [2.45, 2.75) is 6.18 Å². The van der Waals surface area contributed by atoms with Crippen molar-refractivity contribution in [1.29, 1.82) is 0 Å². The third kappa shape index (κ3) is 3.41. The van der Waals surface area contributed by atoms with Gasteiger partial charge in [0, 0.05) is 17.1 Å². The van der Waals surface area contributed by atoms with Gasteiger partial charge in [0.05, 0.1) is 28.9 Å². The number of methoxy groups -OCH3 is 1. The summed E-state index contributed by atoms with van der Waals surface area (Å²) in [5.74, 6) is 0.434.